The summed E-state index contributed by atoms with van der Waals surface area (Å²) in [6, 6.07) is 4.37. The first-order chi connectivity index (χ1) is 11.6. The van der Waals surface area contributed by atoms with Gasteiger partial charge in [-0.1, -0.05) is 45.4 Å². The SMILES string of the molecule is CCCCCCCCCOC(=O)Oc1ccc(N)cc1C(=O)OC. The smallest absolute Gasteiger partial charge is 0.465 e. The molecule has 24 heavy (non-hydrogen) atoms. The summed E-state index contributed by atoms with van der Waals surface area (Å²) >= 11 is 0. The first-order valence-electron chi connectivity index (χ1n) is 8.41. The highest BCUT2D eigenvalue weighted by atomic mass is 16.7. The van der Waals surface area contributed by atoms with E-state index in [4.69, 9.17) is 15.2 Å². The number of benzene rings is 1. The molecule has 0 unspecified atom stereocenters. The van der Waals surface area contributed by atoms with Crippen LogP contribution in [-0.2, 0) is 9.47 Å². The van der Waals surface area contributed by atoms with E-state index < -0.39 is 12.1 Å². The van der Waals surface area contributed by atoms with Gasteiger partial charge in [0.15, 0.2) is 0 Å². The third kappa shape index (κ3) is 7.35. The van der Waals surface area contributed by atoms with Crippen molar-refractivity contribution in [2.45, 2.75) is 51.9 Å². The molecular formula is C18H27NO5. The Hall–Kier alpha value is -2.24. The van der Waals surface area contributed by atoms with Crippen LogP contribution in [0.25, 0.3) is 0 Å². The van der Waals surface area contributed by atoms with Gasteiger partial charge in [0.2, 0.25) is 0 Å². The van der Waals surface area contributed by atoms with E-state index in [1.807, 2.05) is 0 Å². The van der Waals surface area contributed by atoms with Gasteiger partial charge in [0.05, 0.1) is 13.7 Å². The van der Waals surface area contributed by atoms with Crippen molar-refractivity contribution in [1.29, 1.82) is 0 Å². The Morgan fingerprint density at radius 3 is 2.38 bits per heavy atom. The van der Waals surface area contributed by atoms with Crippen molar-refractivity contribution in [3.63, 3.8) is 0 Å². The van der Waals surface area contributed by atoms with Crippen LogP contribution in [-0.4, -0.2) is 25.8 Å². The molecule has 0 bridgehead atoms. The molecule has 0 saturated carbocycles. The van der Waals surface area contributed by atoms with Crippen LogP contribution in [0.4, 0.5) is 10.5 Å². The van der Waals surface area contributed by atoms with Crippen LogP contribution < -0.4 is 10.5 Å². The van der Waals surface area contributed by atoms with Gasteiger partial charge in [-0.15, -0.1) is 0 Å². The molecule has 0 atom stereocenters. The van der Waals surface area contributed by atoms with E-state index in [1.54, 1.807) is 0 Å². The minimum absolute atomic E-state index is 0.0700. The van der Waals surface area contributed by atoms with Crippen molar-refractivity contribution in [3.05, 3.63) is 23.8 Å². The van der Waals surface area contributed by atoms with E-state index in [-0.39, 0.29) is 11.3 Å². The summed E-state index contributed by atoms with van der Waals surface area (Å²) in [5.41, 5.74) is 6.09. The zero-order valence-corrected chi connectivity index (χ0v) is 14.5. The number of nitrogen functional groups attached to an aromatic ring is 1. The molecule has 0 aromatic heterocycles. The molecule has 0 spiro atoms. The first-order valence-corrected chi connectivity index (χ1v) is 8.41. The molecule has 0 aliphatic carbocycles. The number of anilines is 1. The van der Waals surface area contributed by atoms with Crippen LogP contribution in [0.5, 0.6) is 5.75 Å². The lowest BCUT2D eigenvalue weighted by atomic mass is 10.1. The molecule has 0 aliphatic rings. The van der Waals surface area contributed by atoms with E-state index in [9.17, 15) is 9.59 Å². The normalized spacial score (nSPS) is 10.2. The molecule has 0 heterocycles. The Bertz CT molecular complexity index is 530. The van der Waals surface area contributed by atoms with E-state index in [0.29, 0.717) is 12.3 Å². The van der Waals surface area contributed by atoms with E-state index >= 15 is 0 Å². The molecule has 134 valence electrons. The molecule has 0 radical (unpaired) electrons. The summed E-state index contributed by atoms with van der Waals surface area (Å²) in [5.74, 6) is -0.558. The van der Waals surface area contributed by atoms with Crippen molar-refractivity contribution in [2.75, 3.05) is 19.5 Å². The molecule has 6 nitrogen and oxygen atoms in total. The maximum absolute atomic E-state index is 11.7. The second kappa shape index (κ2) is 11.3. The minimum atomic E-state index is -0.837. The van der Waals surface area contributed by atoms with Crippen LogP contribution in [0.1, 0.15) is 62.2 Å². The van der Waals surface area contributed by atoms with E-state index in [1.165, 1.54) is 51.0 Å². The van der Waals surface area contributed by atoms with Crippen LogP contribution in [0.15, 0.2) is 18.2 Å². The molecule has 0 aliphatic heterocycles. The average molecular weight is 337 g/mol. The lowest BCUT2D eigenvalue weighted by Crippen LogP contribution is -2.14. The first kappa shape index (κ1) is 19.8. The highest BCUT2D eigenvalue weighted by molar-refractivity contribution is 5.94. The Morgan fingerprint density at radius 1 is 1.04 bits per heavy atom. The summed E-state index contributed by atoms with van der Waals surface area (Å²) in [4.78, 5) is 23.4. The fraction of sp³-hybridized carbons (Fsp3) is 0.556. The van der Waals surface area contributed by atoms with Gasteiger partial charge in [-0.25, -0.2) is 9.59 Å². The molecule has 6 heteroatoms. The highest BCUT2D eigenvalue weighted by Gasteiger charge is 2.17. The third-order valence-electron chi connectivity index (χ3n) is 3.57. The summed E-state index contributed by atoms with van der Waals surface area (Å²) < 4.78 is 14.7. The van der Waals surface area contributed by atoms with Crippen LogP contribution >= 0.6 is 0 Å². The Labute approximate surface area is 143 Å². The molecule has 0 amide bonds. The van der Waals surface area contributed by atoms with Gasteiger partial charge >= 0.3 is 12.1 Å². The summed E-state index contributed by atoms with van der Waals surface area (Å²) in [6.45, 7) is 2.49. The number of rotatable bonds is 10. The minimum Gasteiger partial charge on any atom is -0.465 e. The van der Waals surface area contributed by atoms with Crippen molar-refractivity contribution in [3.8, 4) is 5.75 Å². The second-order valence-electron chi connectivity index (χ2n) is 5.57. The monoisotopic (exact) mass is 337 g/mol. The van der Waals surface area contributed by atoms with Crippen LogP contribution in [0.2, 0.25) is 0 Å². The van der Waals surface area contributed by atoms with Gasteiger partial charge in [0.1, 0.15) is 11.3 Å². The van der Waals surface area contributed by atoms with Crippen LogP contribution in [0, 0.1) is 0 Å². The maximum Gasteiger partial charge on any atom is 0.513 e. The number of unbranched alkanes of at least 4 members (excludes halogenated alkanes) is 6. The van der Waals surface area contributed by atoms with Gasteiger partial charge < -0.3 is 19.9 Å². The molecule has 2 N–H and O–H groups in total. The van der Waals surface area contributed by atoms with E-state index in [0.717, 1.165) is 19.3 Å². The van der Waals surface area contributed by atoms with Crippen molar-refractivity contribution in [2.24, 2.45) is 0 Å². The van der Waals surface area contributed by atoms with Gasteiger partial charge in [-0.2, -0.15) is 0 Å². The van der Waals surface area contributed by atoms with Crippen molar-refractivity contribution in [1.82, 2.24) is 0 Å². The average Bonchev–Trinajstić information content (AvgIpc) is 2.58. The fourth-order valence-electron chi connectivity index (χ4n) is 2.24. The van der Waals surface area contributed by atoms with Crippen LogP contribution in [0.3, 0.4) is 0 Å². The maximum atomic E-state index is 11.7. The van der Waals surface area contributed by atoms with Crippen molar-refractivity contribution < 1.29 is 23.8 Å². The lowest BCUT2D eigenvalue weighted by Gasteiger charge is -2.10. The number of nitrogens with two attached hydrogens (primary N) is 1. The van der Waals surface area contributed by atoms with Gasteiger partial charge in [0.25, 0.3) is 0 Å². The third-order valence-corrected chi connectivity index (χ3v) is 3.57. The number of carbonyl (C=O) groups is 2. The number of carbonyl (C=O) groups excluding carboxylic acids is 2. The standard InChI is InChI=1S/C18H27NO5/c1-3-4-5-6-7-8-9-12-23-18(21)24-16-11-10-14(19)13-15(16)17(20)22-2/h10-11,13H,3-9,12,19H2,1-2H3. The number of ether oxygens (including phenoxy) is 3. The van der Waals surface area contributed by atoms with Gasteiger partial charge in [-0.3, -0.25) is 0 Å². The summed E-state index contributed by atoms with van der Waals surface area (Å²) in [7, 11) is 1.24. The Balaban J connectivity index is 2.34. The number of hydrogen-bond donors (Lipinski definition) is 1. The predicted octanol–water partition coefficient (Wildman–Crippen LogP) is 4.32. The zero-order valence-electron chi connectivity index (χ0n) is 14.5. The summed E-state index contributed by atoms with van der Waals surface area (Å²) in [5, 5.41) is 0. The number of methoxy groups -OCH3 is 1. The van der Waals surface area contributed by atoms with Gasteiger partial charge in [-0.05, 0) is 24.6 Å². The lowest BCUT2D eigenvalue weighted by molar-refractivity contribution is 0.0594. The fourth-order valence-corrected chi connectivity index (χ4v) is 2.24. The molecule has 0 saturated heterocycles. The Morgan fingerprint density at radius 2 is 1.71 bits per heavy atom. The largest absolute Gasteiger partial charge is 0.513 e. The number of hydrogen-bond acceptors (Lipinski definition) is 6. The van der Waals surface area contributed by atoms with Crippen molar-refractivity contribution >= 4 is 17.8 Å². The predicted molar refractivity (Wildman–Crippen MR) is 92.2 cm³/mol. The van der Waals surface area contributed by atoms with Gasteiger partial charge in [0, 0.05) is 5.69 Å². The number of esters is 1. The second-order valence-corrected chi connectivity index (χ2v) is 5.57. The zero-order chi connectivity index (χ0) is 17.8. The topological polar surface area (TPSA) is 87.9 Å². The molecule has 1 aromatic rings. The molecule has 1 rings (SSSR count). The quantitative estimate of drug-likeness (QED) is 0.296. The summed E-state index contributed by atoms with van der Waals surface area (Å²) in [6.07, 6.45) is 7.10. The highest BCUT2D eigenvalue weighted by Crippen LogP contribution is 2.22. The molecule has 0 fully saturated rings. The molecule has 1 aromatic carbocycles. The molecular weight excluding hydrogens is 310 g/mol. The van der Waals surface area contributed by atoms with E-state index in [2.05, 4.69) is 11.7 Å². The Kier molecular flexibility index (Phi) is 9.34.